The van der Waals surface area contributed by atoms with E-state index in [4.69, 9.17) is 10.5 Å². The molecule has 0 saturated carbocycles. The van der Waals surface area contributed by atoms with Crippen molar-refractivity contribution in [1.82, 2.24) is 4.90 Å². The van der Waals surface area contributed by atoms with Gasteiger partial charge in [0.05, 0.1) is 13.2 Å². The molecule has 19 heavy (non-hydrogen) atoms. The maximum atomic E-state index is 6.06. The molecule has 0 bridgehead atoms. The quantitative estimate of drug-likeness (QED) is 0.904. The molecule has 3 heteroatoms. The molecule has 1 aliphatic heterocycles. The van der Waals surface area contributed by atoms with Crippen LogP contribution >= 0.6 is 0 Å². The van der Waals surface area contributed by atoms with Gasteiger partial charge in [0.1, 0.15) is 0 Å². The number of nitrogens with two attached hydrogens (primary N) is 1. The fourth-order valence-electron chi connectivity index (χ4n) is 3.18. The van der Waals surface area contributed by atoms with Gasteiger partial charge in [-0.15, -0.1) is 0 Å². The Hall–Kier alpha value is -0.900. The first-order chi connectivity index (χ1) is 8.91. The summed E-state index contributed by atoms with van der Waals surface area (Å²) in [6.07, 6.45) is 0. The second kappa shape index (κ2) is 5.23. The van der Waals surface area contributed by atoms with Crippen LogP contribution in [0.25, 0.3) is 0 Å². The Morgan fingerprint density at radius 2 is 1.74 bits per heavy atom. The predicted molar refractivity (Wildman–Crippen MR) is 79.4 cm³/mol. The van der Waals surface area contributed by atoms with Gasteiger partial charge in [-0.25, -0.2) is 0 Å². The first-order valence-corrected chi connectivity index (χ1v) is 6.93. The van der Waals surface area contributed by atoms with Gasteiger partial charge in [0.2, 0.25) is 0 Å². The Kier molecular flexibility index (Phi) is 4.00. The first kappa shape index (κ1) is 14.5. The lowest BCUT2D eigenvalue weighted by molar-refractivity contribution is -0.145. The molecule has 2 rings (SSSR count). The van der Waals surface area contributed by atoms with Crippen molar-refractivity contribution < 1.29 is 4.74 Å². The average Bonchev–Trinajstić information content (AvgIpc) is 2.28. The number of rotatable bonds is 4. The van der Waals surface area contributed by atoms with E-state index in [2.05, 4.69) is 51.9 Å². The van der Waals surface area contributed by atoms with Crippen LogP contribution in [0.2, 0.25) is 0 Å². The van der Waals surface area contributed by atoms with Crippen molar-refractivity contribution in [2.75, 3.05) is 33.9 Å². The Bertz CT molecular complexity index is 459. The molecule has 1 saturated heterocycles. The van der Waals surface area contributed by atoms with Crippen molar-refractivity contribution in [2.24, 2.45) is 11.1 Å². The lowest BCUT2D eigenvalue weighted by Gasteiger charge is -2.49. The Labute approximate surface area is 116 Å². The molecule has 2 N–H and O–H groups in total. The van der Waals surface area contributed by atoms with Gasteiger partial charge in [0.25, 0.3) is 0 Å². The smallest absolute Gasteiger partial charge is 0.0575 e. The van der Waals surface area contributed by atoms with Gasteiger partial charge in [-0.2, -0.15) is 0 Å². The summed E-state index contributed by atoms with van der Waals surface area (Å²) in [6.45, 7) is 8.74. The van der Waals surface area contributed by atoms with Crippen LogP contribution < -0.4 is 5.73 Å². The van der Waals surface area contributed by atoms with Crippen LogP contribution in [0.5, 0.6) is 0 Å². The van der Waals surface area contributed by atoms with Gasteiger partial charge in [-0.3, -0.25) is 0 Å². The molecule has 1 aliphatic rings. The Balaban J connectivity index is 2.48. The van der Waals surface area contributed by atoms with Gasteiger partial charge >= 0.3 is 0 Å². The van der Waals surface area contributed by atoms with E-state index in [9.17, 15) is 0 Å². The molecule has 0 radical (unpaired) electrons. The molecule has 1 heterocycles. The molecule has 0 amide bonds. The highest BCUT2D eigenvalue weighted by Gasteiger charge is 2.46. The fourth-order valence-corrected chi connectivity index (χ4v) is 3.18. The molecular formula is C16H26N2O. The maximum Gasteiger partial charge on any atom is 0.0575 e. The summed E-state index contributed by atoms with van der Waals surface area (Å²) in [7, 11) is 4.27. The zero-order valence-electron chi connectivity index (χ0n) is 12.8. The van der Waals surface area contributed by atoms with E-state index in [1.165, 1.54) is 22.3 Å². The third kappa shape index (κ3) is 2.42. The highest BCUT2D eigenvalue weighted by atomic mass is 16.5. The molecule has 106 valence electrons. The lowest BCUT2D eigenvalue weighted by Crippen LogP contribution is -2.56. The monoisotopic (exact) mass is 262 g/mol. The molecule has 3 nitrogen and oxygen atoms in total. The Morgan fingerprint density at radius 1 is 1.16 bits per heavy atom. The molecule has 0 aromatic heterocycles. The summed E-state index contributed by atoms with van der Waals surface area (Å²) in [4.78, 5) is 2.28. The van der Waals surface area contributed by atoms with Crippen molar-refractivity contribution in [3.8, 4) is 0 Å². The molecular weight excluding hydrogens is 236 g/mol. The van der Waals surface area contributed by atoms with E-state index in [1.54, 1.807) is 0 Å². The highest BCUT2D eigenvalue weighted by Crippen LogP contribution is 2.44. The fraction of sp³-hybridized carbons (Fsp3) is 0.625. The first-order valence-electron chi connectivity index (χ1n) is 6.93. The van der Waals surface area contributed by atoms with E-state index >= 15 is 0 Å². The van der Waals surface area contributed by atoms with Crippen LogP contribution in [0.3, 0.4) is 0 Å². The molecule has 1 aromatic rings. The van der Waals surface area contributed by atoms with E-state index in [0.29, 0.717) is 12.6 Å². The normalized spacial score (nSPS) is 19.3. The van der Waals surface area contributed by atoms with Crippen molar-refractivity contribution in [3.63, 3.8) is 0 Å². The molecule has 0 spiro atoms. The van der Waals surface area contributed by atoms with E-state index in [1.807, 2.05) is 0 Å². The average molecular weight is 262 g/mol. The molecule has 1 aromatic carbocycles. The van der Waals surface area contributed by atoms with Crippen molar-refractivity contribution >= 4 is 0 Å². The third-order valence-corrected chi connectivity index (χ3v) is 4.46. The second-order valence-electron chi connectivity index (χ2n) is 6.22. The maximum absolute atomic E-state index is 6.06. The van der Waals surface area contributed by atoms with Crippen LogP contribution in [-0.4, -0.2) is 38.8 Å². The van der Waals surface area contributed by atoms with Crippen molar-refractivity contribution in [1.29, 1.82) is 0 Å². The second-order valence-corrected chi connectivity index (χ2v) is 6.22. The summed E-state index contributed by atoms with van der Waals surface area (Å²) < 4.78 is 5.47. The number of hydrogen-bond acceptors (Lipinski definition) is 3. The summed E-state index contributed by atoms with van der Waals surface area (Å²) >= 11 is 0. The SMILES string of the molecule is Cc1cc(C)c(C(N(C)C)C2(CN)COC2)cc1C. The van der Waals surface area contributed by atoms with E-state index in [-0.39, 0.29) is 5.41 Å². The predicted octanol–water partition coefficient (Wildman–Crippen LogP) is 2.19. The number of benzene rings is 1. The van der Waals surface area contributed by atoms with Gasteiger partial charge in [-0.05, 0) is 57.1 Å². The van der Waals surface area contributed by atoms with Crippen LogP contribution in [0, 0.1) is 26.2 Å². The summed E-state index contributed by atoms with van der Waals surface area (Å²) in [5.74, 6) is 0. The van der Waals surface area contributed by atoms with E-state index < -0.39 is 0 Å². The van der Waals surface area contributed by atoms with E-state index in [0.717, 1.165) is 13.2 Å². The van der Waals surface area contributed by atoms with Crippen LogP contribution in [0.4, 0.5) is 0 Å². The standard InChI is InChI=1S/C16H26N2O/c1-11-6-13(3)14(7-12(11)2)15(18(4)5)16(8-17)9-19-10-16/h6-7,15H,8-10,17H2,1-5H3. The zero-order valence-corrected chi connectivity index (χ0v) is 12.8. The zero-order chi connectivity index (χ0) is 14.2. The third-order valence-electron chi connectivity index (χ3n) is 4.46. The molecule has 1 unspecified atom stereocenters. The van der Waals surface area contributed by atoms with Crippen LogP contribution in [0.1, 0.15) is 28.3 Å². The van der Waals surface area contributed by atoms with Crippen molar-refractivity contribution in [2.45, 2.75) is 26.8 Å². The van der Waals surface area contributed by atoms with Crippen LogP contribution in [0.15, 0.2) is 12.1 Å². The summed E-state index contributed by atoms with van der Waals surface area (Å²) in [6, 6.07) is 4.93. The van der Waals surface area contributed by atoms with Gasteiger partial charge in [0, 0.05) is 18.0 Å². The van der Waals surface area contributed by atoms with Gasteiger partial charge in [-0.1, -0.05) is 12.1 Å². The number of ether oxygens (including phenoxy) is 1. The topological polar surface area (TPSA) is 38.5 Å². The number of hydrogen-bond donors (Lipinski definition) is 1. The summed E-state index contributed by atoms with van der Waals surface area (Å²) in [5, 5.41) is 0. The lowest BCUT2D eigenvalue weighted by atomic mass is 9.73. The number of nitrogens with zero attached hydrogens (tertiary/aromatic N) is 1. The number of aryl methyl sites for hydroxylation is 3. The summed E-state index contributed by atoms with van der Waals surface area (Å²) in [5.41, 5.74) is 11.6. The van der Waals surface area contributed by atoms with Gasteiger partial charge in [0.15, 0.2) is 0 Å². The Morgan fingerprint density at radius 3 is 2.16 bits per heavy atom. The largest absolute Gasteiger partial charge is 0.380 e. The molecule has 1 atom stereocenters. The van der Waals surface area contributed by atoms with Crippen LogP contribution in [-0.2, 0) is 4.74 Å². The van der Waals surface area contributed by atoms with Gasteiger partial charge < -0.3 is 15.4 Å². The molecule has 1 fully saturated rings. The minimum absolute atomic E-state index is 0.0654. The molecule has 0 aliphatic carbocycles. The highest BCUT2D eigenvalue weighted by molar-refractivity contribution is 5.39. The minimum Gasteiger partial charge on any atom is -0.380 e. The van der Waals surface area contributed by atoms with Crippen molar-refractivity contribution in [3.05, 3.63) is 34.4 Å². The minimum atomic E-state index is 0.0654.